The summed E-state index contributed by atoms with van der Waals surface area (Å²) < 4.78 is 5.83. The maximum atomic E-state index is 11.9. The molecule has 0 radical (unpaired) electrons. The first kappa shape index (κ1) is 17.3. The van der Waals surface area contributed by atoms with Crippen LogP contribution in [-0.2, 0) is 0 Å². The van der Waals surface area contributed by atoms with Gasteiger partial charge in [-0.25, -0.2) is 15.0 Å². The van der Waals surface area contributed by atoms with Crippen LogP contribution in [0.1, 0.15) is 13.8 Å². The fourth-order valence-corrected chi connectivity index (χ4v) is 3.28. The molecule has 4 rings (SSSR count). The summed E-state index contributed by atoms with van der Waals surface area (Å²) in [5.74, 6) is 1.09. The van der Waals surface area contributed by atoms with Gasteiger partial charge >= 0.3 is 0 Å². The van der Waals surface area contributed by atoms with Gasteiger partial charge < -0.3 is 19.5 Å². The van der Waals surface area contributed by atoms with E-state index in [1.165, 1.54) is 6.33 Å². The van der Waals surface area contributed by atoms with Gasteiger partial charge in [0.25, 0.3) is 5.56 Å². The molecule has 0 atom stereocenters. The van der Waals surface area contributed by atoms with Crippen LogP contribution < -0.4 is 20.1 Å². The van der Waals surface area contributed by atoms with Crippen molar-refractivity contribution in [2.24, 2.45) is 0 Å². The summed E-state index contributed by atoms with van der Waals surface area (Å²) in [7, 11) is 0. The van der Waals surface area contributed by atoms with Crippen LogP contribution in [0.4, 0.5) is 11.5 Å². The molecule has 0 aliphatic carbocycles. The first-order chi connectivity index (χ1) is 13.1. The summed E-state index contributed by atoms with van der Waals surface area (Å²) in [6.07, 6.45) is 4.74. The highest BCUT2D eigenvalue weighted by molar-refractivity contribution is 5.86. The Balaban J connectivity index is 1.55. The highest BCUT2D eigenvalue weighted by atomic mass is 16.5. The number of hydrogen-bond donors (Lipinski definition) is 1. The molecule has 2 aromatic heterocycles. The second-order valence-corrected chi connectivity index (χ2v) is 6.76. The number of rotatable bonds is 4. The van der Waals surface area contributed by atoms with Crippen molar-refractivity contribution in [3.8, 4) is 5.88 Å². The molecule has 1 aliphatic rings. The van der Waals surface area contributed by atoms with Crippen LogP contribution in [0, 0.1) is 0 Å². The molecule has 27 heavy (non-hydrogen) atoms. The lowest BCUT2D eigenvalue weighted by Gasteiger charge is -2.36. The Morgan fingerprint density at radius 2 is 1.85 bits per heavy atom. The predicted octanol–water partition coefficient (Wildman–Crippen LogP) is 1.83. The SMILES string of the molecule is CC(C)Oc1ncnc2ccc(N3CCN(c4ncc[nH]c4=O)CC3)cc12. The van der Waals surface area contributed by atoms with Crippen LogP contribution >= 0.6 is 0 Å². The van der Waals surface area contributed by atoms with Gasteiger partial charge in [0.2, 0.25) is 5.88 Å². The molecule has 0 saturated carbocycles. The van der Waals surface area contributed by atoms with Crippen molar-refractivity contribution in [2.75, 3.05) is 36.0 Å². The largest absolute Gasteiger partial charge is 0.474 e. The van der Waals surface area contributed by atoms with Crippen molar-refractivity contribution < 1.29 is 4.74 Å². The molecule has 0 bridgehead atoms. The van der Waals surface area contributed by atoms with E-state index in [0.717, 1.165) is 42.8 Å². The quantitative estimate of drug-likeness (QED) is 0.754. The maximum absolute atomic E-state index is 11.9. The Labute approximate surface area is 156 Å². The lowest BCUT2D eigenvalue weighted by molar-refractivity contribution is 0.235. The van der Waals surface area contributed by atoms with E-state index in [1.54, 1.807) is 12.4 Å². The predicted molar refractivity (Wildman–Crippen MR) is 105 cm³/mol. The van der Waals surface area contributed by atoms with E-state index in [1.807, 2.05) is 24.8 Å². The summed E-state index contributed by atoms with van der Waals surface area (Å²) in [5, 5.41) is 0.910. The van der Waals surface area contributed by atoms with Gasteiger partial charge in [0.1, 0.15) is 6.33 Å². The number of nitrogens with one attached hydrogen (secondary N) is 1. The third kappa shape index (κ3) is 3.55. The zero-order chi connectivity index (χ0) is 18.8. The minimum atomic E-state index is -0.149. The van der Waals surface area contributed by atoms with Crippen LogP contribution in [-0.4, -0.2) is 52.2 Å². The van der Waals surface area contributed by atoms with Crippen molar-refractivity contribution >= 4 is 22.4 Å². The average molecular weight is 366 g/mol. The minimum Gasteiger partial charge on any atom is -0.474 e. The van der Waals surface area contributed by atoms with Crippen molar-refractivity contribution in [2.45, 2.75) is 20.0 Å². The highest BCUT2D eigenvalue weighted by Gasteiger charge is 2.21. The normalized spacial score (nSPS) is 14.8. The van der Waals surface area contributed by atoms with E-state index in [0.29, 0.717) is 11.7 Å². The molecule has 3 heterocycles. The molecule has 8 heteroatoms. The number of aromatic amines is 1. The fraction of sp³-hybridized carbons (Fsp3) is 0.368. The molecule has 1 aliphatic heterocycles. The fourth-order valence-electron chi connectivity index (χ4n) is 3.28. The van der Waals surface area contributed by atoms with Crippen LogP contribution in [0.5, 0.6) is 5.88 Å². The Kier molecular flexibility index (Phi) is 4.62. The van der Waals surface area contributed by atoms with Gasteiger partial charge in [-0.1, -0.05) is 0 Å². The van der Waals surface area contributed by atoms with Gasteiger partial charge in [0, 0.05) is 44.3 Å². The number of H-pyrrole nitrogens is 1. The number of benzene rings is 1. The van der Waals surface area contributed by atoms with E-state index in [2.05, 4.69) is 37.0 Å². The van der Waals surface area contributed by atoms with Gasteiger partial charge in [-0.3, -0.25) is 4.79 Å². The molecule has 0 spiro atoms. The molecule has 1 N–H and O–H groups in total. The summed E-state index contributed by atoms with van der Waals surface area (Å²) >= 11 is 0. The van der Waals surface area contributed by atoms with E-state index >= 15 is 0 Å². The van der Waals surface area contributed by atoms with Gasteiger partial charge in [-0.05, 0) is 32.0 Å². The number of anilines is 2. The minimum absolute atomic E-state index is 0.0479. The molecule has 1 aromatic carbocycles. The summed E-state index contributed by atoms with van der Waals surface area (Å²) in [6.45, 7) is 7.04. The Hall–Kier alpha value is -3.16. The van der Waals surface area contributed by atoms with Gasteiger partial charge in [0.05, 0.1) is 17.0 Å². The van der Waals surface area contributed by atoms with Gasteiger partial charge in [-0.15, -0.1) is 0 Å². The monoisotopic (exact) mass is 366 g/mol. The first-order valence-corrected chi connectivity index (χ1v) is 9.07. The Morgan fingerprint density at radius 1 is 1.07 bits per heavy atom. The third-order valence-corrected chi connectivity index (χ3v) is 4.56. The molecular weight excluding hydrogens is 344 g/mol. The van der Waals surface area contributed by atoms with Crippen molar-refractivity contribution in [1.29, 1.82) is 0 Å². The van der Waals surface area contributed by atoms with E-state index in [9.17, 15) is 4.79 Å². The Morgan fingerprint density at radius 3 is 2.59 bits per heavy atom. The second kappa shape index (κ2) is 7.22. The van der Waals surface area contributed by atoms with Gasteiger partial charge in [-0.2, -0.15) is 0 Å². The standard InChI is InChI=1S/C19H22N6O2/c1-13(2)27-19-15-11-14(3-4-16(15)22-12-23-19)24-7-9-25(10-8-24)17-18(26)21-6-5-20-17/h3-6,11-13H,7-10H2,1-2H3,(H,21,26). The average Bonchev–Trinajstić information content (AvgIpc) is 2.68. The summed E-state index contributed by atoms with van der Waals surface area (Å²) in [5.41, 5.74) is 1.81. The zero-order valence-electron chi connectivity index (χ0n) is 15.4. The number of hydrogen-bond acceptors (Lipinski definition) is 7. The number of aromatic nitrogens is 4. The highest BCUT2D eigenvalue weighted by Crippen LogP contribution is 2.28. The number of ether oxygens (including phenoxy) is 1. The van der Waals surface area contributed by atoms with Crippen molar-refractivity contribution in [3.63, 3.8) is 0 Å². The number of fused-ring (bicyclic) bond motifs is 1. The molecule has 1 saturated heterocycles. The smallest absolute Gasteiger partial charge is 0.290 e. The molecule has 0 amide bonds. The van der Waals surface area contributed by atoms with Crippen LogP contribution in [0.2, 0.25) is 0 Å². The second-order valence-electron chi connectivity index (χ2n) is 6.76. The molecule has 140 valence electrons. The lowest BCUT2D eigenvalue weighted by Crippen LogP contribution is -2.48. The third-order valence-electron chi connectivity index (χ3n) is 4.56. The van der Waals surface area contributed by atoms with E-state index in [-0.39, 0.29) is 11.7 Å². The summed E-state index contributed by atoms with van der Waals surface area (Å²) in [4.78, 5) is 31.8. The van der Waals surface area contributed by atoms with Crippen LogP contribution in [0.3, 0.4) is 0 Å². The lowest BCUT2D eigenvalue weighted by atomic mass is 10.2. The van der Waals surface area contributed by atoms with Crippen LogP contribution in [0.25, 0.3) is 10.9 Å². The molecule has 8 nitrogen and oxygen atoms in total. The Bertz CT molecular complexity index is 995. The molecule has 0 unspecified atom stereocenters. The summed E-state index contributed by atoms with van der Waals surface area (Å²) in [6, 6.07) is 6.14. The van der Waals surface area contributed by atoms with Gasteiger partial charge in [0.15, 0.2) is 5.82 Å². The molecule has 1 fully saturated rings. The molecule has 3 aromatic rings. The molecular formula is C19H22N6O2. The first-order valence-electron chi connectivity index (χ1n) is 9.07. The zero-order valence-corrected chi connectivity index (χ0v) is 15.4. The van der Waals surface area contributed by atoms with Crippen molar-refractivity contribution in [3.05, 3.63) is 47.3 Å². The van der Waals surface area contributed by atoms with E-state index in [4.69, 9.17) is 4.74 Å². The topological polar surface area (TPSA) is 87.2 Å². The van der Waals surface area contributed by atoms with Crippen molar-refractivity contribution in [1.82, 2.24) is 19.9 Å². The maximum Gasteiger partial charge on any atom is 0.290 e. The number of piperazine rings is 1. The van der Waals surface area contributed by atoms with E-state index < -0.39 is 0 Å². The van der Waals surface area contributed by atoms with Crippen LogP contribution in [0.15, 0.2) is 41.7 Å². The number of nitrogens with zero attached hydrogens (tertiary/aromatic N) is 5.